The Morgan fingerprint density at radius 1 is 1.35 bits per heavy atom. The van der Waals surface area contributed by atoms with E-state index in [0.29, 0.717) is 11.5 Å². The maximum atomic E-state index is 8.96. The highest BCUT2D eigenvalue weighted by molar-refractivity contribution is 5.57. The van der Waals surface area contributed by atoms with E-state index in [1.165, 1.54) is 0 Å². The van der Waals surface area contributed by atoms with E-state index in [-0.39, 0.29) is 6.10 Å². The lowest BCUT2D eigenvalue weighted by Gasteiger charge is -2.13. The molecule has 1 atom stereocenters. The van der Waals surface area contributed by atoms with Gasteiger partial charge in [0.05, 0.1) is 17.7 Å². The van der Waals surface area contributed by atoms with Gasteiger partial charge in [0.15, 0.2) is 0 Å². The van der Waals surface area contributed by atoms with E-state index in [2.05, 4.69) is 26.7 Å². The van der Waals surface area contributed by atoms with Crippen LogP contribution in [0.15, 0.2) is 30.3 Å². The van der Waals surface area contributed by atoms with Gasteiger partial charge < -0.3 is 15.4 Å². The van der Waals surface area contributed by atoms with Gasteiger partial charge in [-0.2, -0.15) is 10.2 Å². The minimum Gasteiger partial charge on any atom is -0.376 e. The molecule has 118 valence electrons. The Morgan fingerprint density at radius 2 is 2.26 bits per heavy atom. The van der Waals surface area contributed by atoms with E-state index >= 15 is 0 Å². The fraction of sp³-hybridized carbons (Fsp3) is 0.353. The Bertz CT molecular complexity index is 719. The smallest absolute Gasteiger partial charge is 0.229 e. The van der Waals surface area contributed by atoms with Crippen LogP contribution in [0, 0.1) is 18.3 Å². The van der Waals surface area contributed by atoms with Crippen molar-refractivity contribution in [2.24, 2.45) is 0 Å². The Morgan fingerprint density at radius 3 is 3.04 bits per heavy atom. The number of rotatable bonds is 5. The zero-order valence-electron chi connectivity index (χ0n) is 13.0. The van der Waals surface area contributed by atoms with E-state index in [9.17, 15) is 0 Å². The molecule has 1 aromatic heterocycles. The normalized spacial score (nSPS) is 16.8. The van der Waals surface area contributed by atoms with Crippen LogP contribution in [0.1, 0.15) is 24.1 Å². The lowest BCUT2D eigenvalue weighted by molar-refractivity contribution is 0.120. The molecular formula is C17H19N5O. The molecule has 2 heterocycles. The molecule has 1 aromatic carbocycles. The second kappa shape index (κ2) is 7.07. The van der Waals surface area contributed by atoms with Crippen molar-refractivity contribution in [1.82, 2.24) is 9.97 Å². The van der Waals surface area contributed by atoms with Crippen LogP contribution in [0.5, 0.6) is 0 Å². The van der Waals surface area contributed by atoms with Gasteiger partial charge in [-0.15, -0.1) is 0 Å². The van der Waals surface area contributed by atoms with E-state index in [1.807, 2.05) is 25.1 Å². The standard InChI is InChI=1S/C17H19N5O/c1-12-8-16(19-11-15-6-3-7-23-15)22-17(20-12)21-14-5-2-4-13(9-14)10-18/h2,4-5,8-9,15H,3,6-7,11H2,1H3,(H2,19,20,21,22). The molecule has 1 saturated heterocycles. The molecule has 3 rings (SSSR count). The molecule has 6 heteroatoms. The molecule has 2 aromatic rings. The Kier molecular flexibility index (Phi) is 4.69. The van der Waals surface area contributed by atoms with Gasteiger partial charge in [0.2, 0.25) is 5.95 Å². The molecule has 0 bridgehead atoms. The largest absolute Gasteiger partial charge is 0.376 e. The number of benzene rings is 1. The highest BCUT2D eigenvalue weighted by atomic mass is 16.5. The first-order chi connectivity index (χ1) is 11.2. The van der Waals surface area contributed by atoms with Crippen LogP contribution in [0.25, 0.3) is 0 Å². The van der Waals surface area contributed by atoms with E-state index < -0.39 is 0 Å². The predicted molar refractivity (Wildman–Crippen MR) is 88.7 cm³/mol. The summed E-state index contributed by atoms with van der Waals surface area (Å²) in [6.45, 7) is 3.52. The van der Waals surface area contributed by atoms with Crippen molar-refractivity contribution in [3.63, 3.8) is 0 Å². The van der Waals surface area contributed by atoms with Crippen LogP contribution < -0.4 is 10.6 Å². The van der Waals surface area contributed by atoms with Crippen molar-refractivity contribution in [2.75, 3.05) is 23.8 Å². The van der Waals surface area contributed by atoms with Crippen LogP contribution in [0.4, 0.5) is 17.5 Å². The number of ether oxygens (including phenoxy) is 1. The molecule has 23 heavy (non-hydrogen) atoms. The number of aromatic nitrogens is 2. The Labute approximate surface area is 135 Å². The Hall–Kier alpha value is -2.65. The highest BCUT2D eigenvalue weighted by Crippen LogP contribution is 2.18. The van der Waals surface area contributed by atoms with Gasteiger partial charge in [0, 0.05) is 30.6 Å². The summed E-state index contributed by atoms with van der Waals surface area (Å²) in [7, 11) is 0. The third kappa shape index (κ3) is 4.18. The fourth-order valence-electron chi connectivity index (χ4n) is 2.53. The quantitative estimate of drug-likeness (QED) is 0.883. The van der Waals surface area contributed by atoms with Crippen molar-refractivity contribution in [3.8, 4) is 6.07 Å². The van der Waals surface area contributed by atoms with Gasteiger partial charge in [0.25, 0.3) is 0 Å². The molecule has 0 amide bonds. The van der Waals surface area contributed by atoms with Crippen LogP contribution in [-0.2, 0) is 4.74 Å². The summed E-state index contributed by atoms with van der Waals surface area (Å²) >= 11 is 0. The molecule has 1 aliphatic heterocycles. The average Bonchev–Trinajstić information content (AvgIpc) is 3.06. The monoisotopic (exact) mass is 309 g/mol. The number of nitrogens with zero attached hydrogens (tertiary/aromatic N) is 3. The van der Waals surface area contributed by atoms with Gasteiger partial charge >= 0.3 is 0 Å². The maximum absolute atomic E-state index is 8.96. The SMILES string of the molecule is Cc1cc(NCC2CCCO2)nc(Nc2cccc(C#N)c2)n1. The summed E-state index contributed by atoms with van der Waals surface area (Å²) in [4.78, 5) is 8.86. The fourth-order valence-corrected chi connectivity index (χ4v) is 2.53. The van der Waals surface area contributed by atoms with E-state index in [1.54, 1.807) is 12.1 Å². The summed E-state index contributed by atoms with van der Waals surface area (Å²) in [5.41, 5.74) is 2.26. The van der Waals surface area contributed by atoms with Crippen molar-refractivity contribution in [1.29, 1.82) is 5.26 Å². The summed E-state index contributed by atoms with van der Waals surface area (Å²) in [5, 5.41) is 15.4. The zero-order valence-corrected chi connectivity index (χ0v) is 13.0. The molecule has 0 aliphatic carbocycles. The summed E-state index contributed by atoms with van der Waals surface area (Å²) in [6, 6.07) is 11.3. The number of nitriles is 1. The molecule has 1 unspecified atom stereocenters. The van der Waals surface area contributed by atoms with Gasteiger partial charge in [-0.25, -0.2) is 4.98 Å². The van der Waals surface area contributed by atoms with Gasteiger partial charge in [-0.1, -0.05) is 6.07 Å². The molecule has 0 radical (unpaired) electrons. The number of aryl methyl sites for hydroxylation is 1. The van der Waals surface area contributed by atoms with E-state index in [0.717, 1.165) is 43.2 Å². The molecular weight excluding hydrogens is 290 g/mol. The number of nitrogens with one attached hydrogen (secondary N) is 2. The molecule has 1 fully saturated rings. The summed E-state index contributed by atoms with van der Waals surface area (Å²) in [6.07, 6.45) is 2.47. The topological polar surface area (TPSA) is 82.9 Å². The molecule has 1 aliphatic rings. The molecule has 6 nitrogen and oxygen atoms in total. The van der Waals surface area contributed by atoms with Gasteiger partial charge in [-0.05, 0) is 38.0 Å². The third-order valence-electron chi connectivity index (χ3n) is 3.64. The predicted octanol–water partition coefficient (Wildman–Crippen LogP) is 2.99. The lowest BCUT2D eigenvalue weighted by Crippen LogP contribution is -2.19. The third-order valence-corrected chi connectivity index (χ3v) is 3.64. The molecule has 2 N–H and O–H groups in total. The summed E-state index contributed by atoms with van der Waals surface area (Å²) < 4.78 is 5.60. The van der Waals surface area contributed by atoms with Crippen LogP contribution in [0.3, 0.4) is 0 Å². The van der Waals surface area contributed by atoms with Gasteiger partial charge in [-0.3, -0.25) is 0 Å². The lowest BCUT2D eigenvalue weighted by atomic mass is 10.2. The van der Waals surface area contributed by atoms with Crippen molar-refractivity contribution in [3.05, 3.63) is 41.6 Å². The number of hydrogen-bond acceptors (Lipinski definition) is 6. The minimum absolute atomic E-state index is 0.258. The maximum Gasteiger partial charge on any atom is 0.229 e. The van der Waals surface area contributed by atoms with Crippen LogP contribution >= 0.6 is 0 Å². The van der Waals surface area contributed by atoms with E-state index in [4.69, 9.17) is 10.00 Å². The van der Waals surface area contributed by atoms with Crippen molar-refractivity contribution in [2.45, 2.75) is 25.9 Å². The van der Waals surface area contributed by atoms with Crippen molar-refractivity contribution < 1.29 is 4.74 Å². The molecule has 0 spiro atoms. The first-order valence-corrected chi connectivity index (χ1v) is 7.71. The summed E-state index contributed by atoms with van der Waals surface area (Å²) in [5.74, 6) is 1.28. The first kappa shape index (κ1) is 15.3. The minimum atomic E-state index is 0.258. The van der Waals surface area contributed by atoms with Gasteiger partial charge in [0.1, 0.15) is 5.82 Å². The second-order valence-electron chi connectivity index (χ2n) is 5.55. The first-order valence-electron chi connectivity index (χ1n) is 7.71. The Balaban J connectivity index is 1.70. The zero-order chi connectivity index (χ0) is 16.1. The highest BCUT2D eigenvalue weighted by Gasteiger charge is 2.15. The number of hydrogen-bond donors (Lipinski definition) is 2. The van der Waals surface area contributed by atoms with Crippen LogP contribution in [-0.4, -0.2) is 29.2 Å². The molecule has 0 saturated carbocycles. The van der Waals surface area contributed by atoms with Crippen molar-refractivity contribution >= 4 is 17.5 Å². The number of anilines is 3. The second-order valence-corrected chi connectivity index (χ2v) is 5.55. The average molecular weight is 309 g/mol. The van der Waals surface area contributed by atoms with Crippen LogP contribution in [0.2, 0.25) is 0 Å².